The fourth-order valence-electron chi connectivity index (χ4n) is 6.24. The third-order valence-electron chi connectivity index (χ3n) is 7.44. The molecule has 1 aromatic rings. The average molecular weight is 356 g/mol. The largest absolute Gasteiger partial charge is 0.507 e. The first kappa shape index (κ1) is 17.6. The van der Waals surface area contributed by atoms with Gasteiger partial charge in [-0.3, -0.25) is 9.59 Å². The van der Waals surface area contributed by atoms with E-state index in [0.29, 0.717) is 23.3 Å². The molecule has 4 nitrogen and oxygen atoms in total. The summed E-state index contributed by atoms with van der Waals surface area (Å²) in [7, 11) is 0. The van der Waals surface area contributed by atoms with E-state index in [0.717, 1.165) is 38.5 Å². The maximum Gasteiger partial charge on any atom is 0.302 e. The third-order valence-corrected chi connectivity index (χ3v) is 7.44. The smallest absolute Gasteiger partial charge is 0.302 e. The van der Waals surface area contributed by atoms with Gasteiger partial charge in [-0.15, -0.1) is 0 Å². The first-order valence-corrected chi connectivity index (χ1v) is 9.85. The molecule has 4 heteroatoms. The lowest BCUT2D eigenvalue weighted by Gasteiger charge is -2.50. The Kier molecular flexibility index (Phi) is 4.13. The normalized spacial score (nSPS) is 35.2. The van der Waals surface area contributed by atoms with Gasteiger partial charge in [-0.2, -0.15) is 0 Å². The second kappa shape index (κ2) is 6.11. The number of carbonyl (C=O) groups excluding carboxylic acids is 2. The monoisotopic (exact) mass is 356 g/mol. The van der Waals surface area contributed by atoms with Crippen molar-refractivity contribution in [2.24, 2.45) is 17.3 Å². The Hall–Kier alpha value is -1.84. The Morgan fingerprint density at radius 1 is 1.15 bits per heavy atom. The van der Waals surface area contributed by atoms with Crippen molar-refractivity contribution in [3.05, 3.63) is 28.8 Å². The number of fused-ring (bicyclic) bond motifs is 5. The fraction of sp³-hybridized carbons (Fsp3) is 0.636. The quantitative estimate of drug-likeness (QED) is 0.631. The fourth-order valence-corrected chi connectivity index (χ4v) is 6.24. The van der Waals surface area contributed by atoms with Crippen LogP contribution in [0.5, 0.6) is 5.75 Å². The number of phenolic OH excluding ortho intramolecular Hbond substituents is 1. The summed E-state index contributed by atoms with van der Waals surface area (Å²) in [5.74, 6) is 1.45. The van der Waals surface area contributed by atoms with Gasteiger partial charge >= 0.3 is 5.97 Å². The van der Waals surface area contributed by atoms with E-state index in [1.807, 2.05) is 12.1 Å². The molecule has 3 aliphatic carbocycles. The molecule has 3 aliphatic rings. The van der Waals surface area contributed by atoms with Gasteiger partial charge in [-0.05, 0) is 86.5 Å². The van der Waals surface area contributed by atoms with Crippen LogP contribution in [0.1, 0.15) is 80.3 Å². The van der Waals surface area contributed by atoms with Crippen LogP contribution < -0.4 is 0 Å². The summed E-state index contributed by atoms with van der Waals surface area (Å²) in [6, 6.07) is 3.76. The Morgan fingerprint density at radius 2 is 1.92 bits per heavy atom. The van der Waals surface area contributed by atoms with E-state index in [4.69, 9.17) is 4.74 Å². The second-order valence-electron chi connectivity index (χ2n) is 8.76. The highest BCUT2D eigenvalue weighted by atomic mass is 16.5. The van der Waals surface area contributed by atoms with Crippen LogP contribution in [0.3, 0.4) is 0 Å². The first-order chi connectivity index (χ1) is 12.3. The van der Waals surface area contributed by atoms with Gasteiger partial charge in [0.05, 0.1) is 5.56 Å². The van der Waals surface area contributed by atoms with Crippen LogP contribution in [-0.4, -0.2) is 23.0 Å². The number of benzene rings is 1. The summed E-state index contributed by atoms with van der Waals surface area (Å²) in [4.78, 5) is 23.4. The number of hydrogen-bond acceptors (Lipinski definition) is 4. The van der Waals surface area contributed by atoms with Crippen LogP contribution in [0.15, 0.2) is 12.1 Å². The minimum Gasteiger partial charge on any atom is -0.507 e. The predicted molar refractivity (Wildman–Crippen MR) is 98.3 cm³/mol. The van der Waals surface area contributed by atoms with E-state index in [2.05, 4.69) is 6.92 Å². The van der Waals surface area contributed by atoms with Crippen molar-refractivity contribution in [1.29, 1.82) is 0 Å². The van der Waals surface area contributed by atoms with Crippen molar-refractivity contribution in [3.8, 4) is 5.75 Å². The molecule has 4 rings (SSSR count). The van der Waals surface area contributed by atoms with Crippen molar-refractivity contribution < 1.29 is 19.4 Å². The highest BCUT2D eigenvalue weighted by Gasteiger charge is 2.56. The van der Waals surface area contributed by atoms with Gasteiger partial charge in [0.2, 0.25) is 0 Å². The molecule has 5 atom stereocenters. The SMILES string of the molecule is CC(=O)O[C@H]1CCC2C3CCc4cc(O)c(C(C)=O)cc4C3CC[C@@]21C. The molecule has 26 heavy (non-hydrogen) atoms. The van der Waals surface area contributed by atoms with Gasteiger partial charge in [-0.25, -0.2) is 0 Å². The van der Waals surface area contributed by atoms with Gasteiger partial charge in [0, 0.05) is 12.3 Å². The van der Waals surface area contributed by atoms with Crippen molar-refractivity contribution >= 4 is 11.8 Å². The number of aryl methyl sites for hydroxylation is 1. The van der Waals surface area contributed by atoms with Gasteiger partial charge in [-0.1, -0.05) is 6.92 Å². The van der Waals surface area contributed by atoms with Crippen LogP contribution in [0.25, 0.3) is 0 Å². The highest BCUT2D eigenvalue weighted by molar-refractivity contribution is 5.97. The van der Waals surface area contributed by atoms with Crippen LogP contribution in [-0.2, 0) is 16.0 Å². The summed E-state index contributed by atoms with van der Waals surface area (Å²) in [5, 5.41) is 10.2. The molecule has 3 unspecified atom stereocenters. The molecule has 140 valence electrons. The Bertz CT molecular complexity index is 768. The Balaban J connectivity index is 1.67. The molecule has 1 N–H and O–H groups in total. The summed E-state index contributed by atoms with van der Waals surface area (Å²) in [6.07, 6.45) is 6.29. The zero-order valence-corrected chi connectivity index (χ0v) is 15.9. The second-order valence-corrected chi connectivity index (χ2v) is 8.76. The minimum absolute atomic E-state index is 0.0416. The molecule has 0 aromatic heterocycles. The van der Waals surface area contributed by atoms with Crippen molar-refractivity contribution in [2.45, 2.75) is 71.3 Å². The maximum absolute atomic E-state index is 11.9. The van der Waals surface area contributed by atoms with Gasteiger partial charge in [0.1, 0.15) is 11.9 Å². The number of carbonyl (C=O) groups is 2. The maximum atomic E-state index is 11.9. The van der Waals surface area contributed by atoms with Gasteiger partial charge in [0.25, 0.3) is 0 Å². The van der Waals surface area contributed by atoms with Gasteiger partial charge < -0.3 is 9.84 Å². The number of hydrogen-bond donors (Lipinski definition) is 1. The summed E-state index contributed by atoms with van der Waals surface area (Å²) in [5.41, 5.74) is 2.99. The first-order valence-electron chi connectivity index (χ1n) is 9.85. The van der Waals surface area contributed by atoms with E-state index in [9.17, 15) is 14.7 Å². The van der Waals surface area contributed by atoms with Crippen LogP contribution >= 0.6 is 0 Å². The van der Waals surface area contributed by atoms with E-state index in [1.165, 1.54) is 25.0 Å². The van der Waals surface area contributed by atoms with E-state index >= 15 is 0 Å². The number of esters is 1. The van der Waals surface area contributed by atoms with Crippen LogP contribution in [0, 0.1) is 17.3 Å². The number of Topliss-reactive ketones (excluding diaryl/α,β-unsaturated/α-hetero) is 1. The summed E-state index contributed by atoms with van der Waals surface area (Å²) < 4.78 is 5.68. The average Bonchev–Trinajstić information content (AvgIpc) is 2.89. The Morgan fingerprint density at radius 3 is 2.62 bits per heavy atom. The molecule has 0 saturated heterocycles. The minimum atomic E-state index is -0.172. The molecular formula is C22H28O4. The predicted octanol–water partition coefficient (Wildman–Crippen LogP) is 4.38. The molecular weight excluding hydrogens is 328 g/mol. The number of ether oxygens (including phenoxy) is 1. The highest BCUT2D eigenvalue weighted by Crippen LogP contribution is 2.61. The van der Waals surface area contributed by atoms with Crippen LogP contribution in [0.4, 0.5) is 0 Å². The summed E-state index contributed by atoms with van der Waals surface area (Å²) in [6.45, 7) is 5.33. The van der Waals surface area contributed by atoms with E-state index in [1.54, 1.807) is 0 Å². The Labute approximate surface area is 154 Å². The lowest BCUT2D eigenvalue weighted by Crippen LogP contribution is -2.45. The number of phenols is 1. The molecule has 0 heterocycles. The third kappa shape index (κ3) is 2.57. The summed E-state index contributed by atoms with van der Waals surface area (Å²) >= 11 is 0. The molecule has 0 amide bonds. The standard InChI is InChI=1S/C22H28O4/c1-12(23)17-11-18-14(10-20(17)25)4-5-16-15(18)8-9-22(3)19(16)6-7-21(22)26-13(2)24/h10-11,15-16,19,21,25H,4-9H2,1-3H3/t15?,16?,19?,21-,22-/m0/s1. The van der Waals surface area contributed by atoms with Crippen molar-refractivity contribution in [3.63, 3.8) is 0 Å². The lowest BCUT2D eigenvalue weighted by atomic mass is 9.55. The molecule has 0 aliphatic heterocycles. The number of rotatable bonds is 2. The van der Waals surface area contributed by atoms with E-state index < -0.39 is 0 Å². The number of aromatic hydroxyl groups is 1. The van der Waals surface area contributed by atoms with Crippen LogP contribution in [0.2, 0.25) is 0 Å². The van der Waals surface area contributed by atoms with E-state index in [-0.39, 0.29) is 29.0 Å². The molecule has 0 bridgehead atoms. The molecule has 0 radical (unpaired) electrons. The molecule has 2 fully saturated rings. The number of ketones is 1. The van der Waals surface area contributed by atoms with Crippen molar-refractivity contribution in [2.75, 3.05) is 0 Å². The molecule has 0 spiro atoms. The lowest BCUT2D eigenvalue weighted by molar-refractivity contribution is -0.154. The zero-order valence-electron chi connectivity index (χ0n) is 15.9. The van der Waals surface area contributed by atoms with Crippen molar-refractivity contribution in [1.82, 2.24) is 0 Å². The zero-order chi connectivity index (χ0) is 18.6. The molecule has 1 aromatic carbocycles. The topological polar surface area (TPSA) is 63.6 Å². The molecule has 2 saturated carbocycles. The van der Waals surface area contributed by atoms with Gasteiger partial charge in [0.15, 0.2) is 5.78 Å².